The molecule has 136 valence electrons. The zero-order valence-electron chi connectivity index (χ0n) is 14.7. The van der Waals surface area contributed by atoms with Gasteiger partial charge in [0.05, 0.1) is 28.7 Å². The molecule has 5 rings (SSSR count). The highest BCUT2D eigenvalue weighted by Gasteiger charge is 2.45. The van der Waals surface area contributed by atoms with E-state index in [9.17, 15) is 9.59 Å². The minimum Gasteiger partial charge on any atom is -0.369 e. The van der Waals surface area contributed by atoms with Crippen LogP contribution in [0.2, 0.25) is 0 Å². The molecule has 3 aromatic rings. The zero-order valence-corrected chi connectivity index (χ0v) is 14.7. The van der Waals surface area contributed by atoms with Crippen molar-refractivity contribution in [3.05, 3.63) is 54.4 Å². The van der Waals surface area contributed by atoms with Gasteiger partial charge in [0, 0.05) is 18.7 Å². The molecule has 0 aliphatic carbocycles. The number of aromatic nitrogens is 2. The van der Waals surface area contributed by atoms with Crippen LogP contribution in [0.3, 0.4) is 0 Å². The maximum Gasteiger partial charge on any atom is 0.253 e. The lowest BCUT2D eigenvalue weighted by atomic mass is 9.84. The Morgan fingerprint density at radius 2 is 1.85 bits per heavy atom. The lowest BCUT2D eigenvalue weighted by Gasteiger charge is -2.44. The summed E-state index contributed by atoms with van der Waals surface area (Å²) in [5.74, 6) is -0.0369. The Bertz CT molecular complexity index is 1050. The van der Waals surface area contributed by atoms with Crippen LogP contribution in [0.25, 0.3) is 11.0 Å². The van der Waals surface area contributed by atoms with Crippen molar-refractivity contribution in [2.24, 2.45) is 0 Å². The largest absolute Gasteiger partial charge is 0.369 e. The van der Waals surface area contributed by atoms with Gasteiger partial charge >= 0.3 is 0 Å². The van der Waals surface area contributed by atoms with E-state index in [2.05, 4.69) is 20.6 Å². The molecule has 0 unspecified atom stereocenters. The summed E-state index contributed by atoms with van der Waals surface area (Å²) in [4.78, 5) is 34.6. The number of carbonyl (C=O) groups is 2. The number of hydrogen-bond acceptors (Lipinski definition) is 4. The Kier molecular flexibility index (Phi) is 3.43. The molecule has 1 spiro atoms. The highest BCUT2D eigenvalue weighted by molar-refractivity contribution is 6.06. The van der Waals surface area contributed by atoms with Crippen molar-refractivity contribution in [1.29, 1.82) is 0 Å². The van der Waals surface area contributed by atoms with E-state index in [1.165, 1.54) is 0 Å². The average Bonchev–Trinajstić information content (AvgIpc) is 3.17. The molecule has 2 aromatic carbocycles. The molecule has 7 heteroatoms. The van der Waals surface area contributed by atoms with Crippen LogP contribution in [0.15, 0.2) is 48.8 Å². The number of benzene rings is 2. The lowest BCUT2D eigenvalue weighted by Crippen LogP contribution is -2.59. The van der Waals surface area contributed by atoms with Crippen LogP contribution >= 0.6 is 0 Å². The summed E-state index contributed by atoms with van der Waals surface area (Å²) in [5, 5.41) is 6.42. The lowest BCUT2D eigenvalue weighted by molar-refractivity contribution is -0.122. The van der Waals surface area contributed by atoms with Crippen LogP contribution in [-0.2, 0) is 4.79 Å². The third-order valence-electron chi connectivity index (χ3n) is 5.56. The molecule has 7 nitrogen and oxygen atoms in total. The van der Waals surface area contributed by atoms with Gasteiger partial charge < -0.3 is 20.5 Å². The SMILES string of the molecule is O=C(c1ccc2nc[nH]c2c1)N1CCC2(CC1)Nc1ccccc1NC2=O. The monoisotopic (exact) mass is 361 g/mol. The summed E-state index contributed by atoms with van der Waals surface area (Å²) in [6, 6.07) is 13.2. The molecule has 27 heavy (non-hydrogen) atoms. The maximum absolute atomic E-state index is 12.9. The van der Waals surface area contributed by atoms with E-state index >= 15 is 0 Å². The molecule has 0 radical (unpaired) electrons. The standard InChI is InChI=1S/C20H19N5O2/c26-18(13-5-6-14-17(11-13)22-12-21-14)25-9-7-20(8-10-25)19(27)23-15-3-1-2-4-16(15)24-20/h1-6,11-12,24H,7-10H2,(H,21,22)(H,23,27). The number of nitrogens with one attached hydrogen (secondary N) is 3. The van der Waals surface area contributed by atoms with Crippen molar-refractivity contribution in [1.82, 2.24) is 14.9 Å². The summed E-state index contributed by atoms with van der Waals surface area (Å²) < 4.78 is 0. The minimum absolute atomic E-state index is 0.0158. The van der Waals surface area contributed by atoms with Crippen LogP contribution in [-0.4, -0.2) is 45.3 Å². The fourth-order valence-electron chi connectivity index (χ4n) is 3.95. The van der Waals surface area contributed by atoms with Gasteiger partial charge in [0.15, 0.2) is 0 Å². The van der Waals surface area contributed by atoms with Crippen molar-refractivity contribution < 1.29 is 9.59 Å². The number of hydrogen-bond donors (Lipinski definition) is 3. The molecular weight excluding hydrogens is 342 g/mol. The smallest absolute Gasteiger partial charge is 0.253 e. The topological polar surface area (TPSA) is 90.1 Å². The van der Waals surface area contributed by atoms with Gasteiger partial charge in [-0.05, 0) is 43.2 Å². The molecule has 2 aliphatic heterocycles. The number of carbonyl (C=O) groups excluding carboxylic acids is 2. The fourth-order valence-corrected chi connectivity index (χ4v) is 3.95. The molecule has 1 fully saturated rings. The number of nitrogens with zero attached hydrogens (tertiary/aromatic N) is 2. The summed E-state index contributed by atoms with van der Waals surface area (Å²) in [6.07, 6.45) is 2.77. The number of anilines is 2. The molecule has 2 amide bonds. The Labute approximate surface area is 155 Å². The van der Waals surface area contributed by atoms with Crippen LogP contribution in [0, 0.1) is 0 Å². The van der Waals surface area contributed by atoms with E-state index < -0.39 is 5.54 Å². The molecule has 3 N–H and O–H groups in total. The molecule has 1 aromatic heterocycles. The van der Waals surface area contributed by atoms with E-state index in [0.29, 0.717) is 31.5 Å². The summed E-state index contributed by atoms with van der Waals surface area (Å²) in [6.45, 7) is 1.06. The number of rotatable bonds is 1. The minimum atomic E-state index is -0.654. The second-order valence-corrected chi connectivity index (χ2v) is 7.13. The number of para-hydroxylation sites is 2. The Balaban J connectivity index is 1.34. The van der Waals surface area contributed by atoms with Crippen LogP contribution in [0.1, 0.15) is 23.2 Å². The predicted molar refractivity (Wildman–Crippen MR) is 103 cm³/mol. The van der Waals surface area contributed by atoms with Crippen molar-refractivity contribution in [2.45, 2.75) is 18.4 Å². The zero-order chi connectivity index (χ0) is 18.4. The average molecular weight is 361 g/mol. The van der Waals surface area contributed by atoms with Gasteiger partial charge in [-0.25, -0.2) is 4.98 Å². The number of imidazole rings is 1. The molecular formula is C20H19N5O2. The number of amides is 2. The van der Waals surface area contributed by atoms with Gasteiger partial charge in [0.1, 0.15) is 5.54 Å². The van der Waals surface area contributed by atoms with E-state index in [4.69, 9.17) is 0 Å². The van der Waals surface area contributed by atoms with Crippen molar-refractivity contribution >= 4 is 34.2 Å². The third-order valence-corrected chi connectivity index (χ3v) is 5.56. The normalized spacial score (nSPS) is 18.1. The van der Waals surface area contributed by atoms with Gasteiger partial charge in [-0.1, -0.05) is 12.1 Å². The first-order valence-electron chi connectivity index (χ1n) is 9.06. The van der Waals surface area contributed by atoms with E-state index in [1.54, 1.807) is 12.4 Å². The van der Waals surface area contributed by atoms with Gasteiger partial charge in [-0.3, -0.25) is 9.59 Å². The first-order chi connectivity index (χ1) is 13.1. The molecule has 0 atom stereocenters. The Morgan fingerprint density at radius 1 is 1.07 bits per heavy atom. The molecule has 0 saturated carbocycles. The second kappa shape index (κ2) is 5.84. The molecule has 2 aliphatic rings. The Hall–Kier alpha value is -3.35. The summed E-state index contributed by atoms with van der Waals surface area (Å²) >= 11 is 0. The van der Waals surface area contributed by atoms with E-state index in [1.807, 2.05) is 41.3 Å². The first-order valence-corrected chi connectivity index (χ1v) is 9.06. The number of aromatic amines is 1. The first kappa shape index (κ1) is 15.9. The third kappa shape index (κ3) is 2.54. The van der Waals surface area contributed by atoms with Gasteiger partial charge in [0.25, 0.3) is 5.91 Å². The summed E-state index contributed by atoms with van der Waals surface area (Å²) in [5.41, 5.74) is 3.40. The number of fused-ring (bicyclic) bond motifs is 2. The number of piperidine rings is 1. The van der Waals surface area contributed by atoms with Gasteiger partial charge in [0.2, 0.25) is 5.91 Å². The molecule has 3 heterocycles. The van der Waals surface area contributed by atoms with Crippen molar-refractivity contribution in [3.63, 3.8) is 0 Å². The highest BCUT2D eigenvalue weighted by Crippen LogP contribution is 2.36. The van der Waals surface area contributed by atoms with Gasteiger partial charge in [-0.2, -0.15) is 0 Å². The molecule has 1 saturated heterocycles. The number of H-pyrrole nitrogens is 1. The predicted octanol–water partition coefficient (Wildman–Crippen LogP) is 2.60. The van der Waals surface area contributed by atoms with E-state index in [0.717, 1.165) is 22.4 Å². The summed E-state index contributed by atoms with van der Waals surface area (Å²) in [7, 11) is 0. The number of likely N-dealkylation sites (tertiary alicyclic amines) is 1. The Morgan fingerprint density at radius 3 is 2.67 bits per heavy atom. The fraction of sp³-hybridized carbons (Fsp3) is 0.250. The van der Waals surface area contributed by atoms with Crippen molar-refractivity contribution in [3.8, 4) is 0 Å². The van der Waals surface area contributed by atoms with Crippen molar-refractivity contribution in [2.75, 3.05) is 23.7 Å². The quantitative estimate of drug-likeness (QED) is 0.621. The van der Waals surface area contributed by atoms with Crippen LogP contribution < -0.4 is 10.6 Å². The van der Waals surface area contributed by atoms with Crippen LogP contribution in [0.5, 0.6) is 0 Å². The van der Waals surface area contributed by atoms with Crippen LogP contribution in [0.4, 0.5) is 11.4 Å². The molecule has 0 bridgehead atoms. The van der Waals surface area contributed by atoms with Gasteiger partial charge in [-0.15, -0.1) is 0 Å². The second-order valence-electron chi connectivity index (χ2n) is 7.13. The maximum atomic E-state index is 12.9. The van der Waals surface area contributed by atoms with E-state index in [-0.39, 0.29) is 11.8 Å². The highest BCUT2D eigenvalue weighted by atomic mass is 16.2.